The van der Waals surface area contributed by atoms with E-state index in [1.54, 1.807) is 7.11 Å². The number of hydrogen-bond acceptors (Lipinski definition) is 5. The smallest absolute Gasteiger partial charge is 0.409 e. The molecular weight excluding hydrogens is 418 g/mol. The first-order valence-electron chi connectivity index (χ1n) is 11.8. The SMILES string of the molecule is COC(=O)N1CC[C@H]2[C@H](C[C@@H](OCc3ccccc3)[C@H](OC)[C@H]2COCc2ccccc2)C1. The Morgan fingerprint density at radius 2 is 1.64 bits per heavy atom. The molecule has 0 radical (unpaired) electrons. The molecule has 6 nitrogen and oxygen atoms in total. The standard InChI is InChI=1S/C27H35NO5/c1-30-26-24(19-32-17-20-9-5-3-6-10-20)23-13-14-28(27(29)31-2)16-22(23)15-25(26)33-18-21-11-7-4-8-12-21/h3-12,22-26H,13-19H2,1-2H3/t22-,23+,24+,25-,26-/m1/s1. The zero-order valence-corrected chi connectivity index (χ0v) is 19.6. The summed E-state index contributed by atoms with van der Waals surface area (Å²) in [5.74, 6) is 0.955. The zero-order valence-electron chi connectivity index (χ0n) is 19.6. The van der Waals surface area contributed by atoms with Crippen molar-refractivity contribution in [2.24, 2.45) is 17.8 Å². The van der Waals surface area contributed by atoms with Crippen molar-refractivity contribution < 1.29 is 23.7 Å². The van der Waals surface area contributed by atoms with E-state index in [1.165, 1.54) is 7.11 Å². The monoisotopic (exact) mass is 453 g/mol. The Morgan fingerprint density at radius 3 is 2.27 bits per heavy atom. The molecule has 2 aliphatic rings. The van der Waals surface area contributed by atoms with Gasteiger partial charge in [-0.25, -0.2) is 4.79 Å². The van der Waals surface area contributed by atoms with Crippen molar-refractivity contribution >= 4 is 6.09 Å². The third-order valence-electron chi connectivity index (χ3n) is 7.10. The number of piperidine rings is 1. The summed E-state index contributed by atoms with van der Waals surface area (Å²) < 4.78 is 23.7. The van der Waals surface area contributed by atoms with E-state index in [2.05, 4.69) is 24.3 Å². The Bertz CT molecular complexity index is 861. The number of rotatable bonds is 8. The third kappa shape index (κ3) is 5.94. The average molecular weight is 454 g/mol. The quantitative estimate of drug-likeness (QED) is 0.588. The summed E-state index contributed by atoms with van der Waals surface area (Å²) in [4.78, 5) is 14.0. The zero-order chi connectivity index (χ0) is 23.0. The molecule has 2 aromatic carbocycles. The molecule has 33 heavy (non-hydrogen) atoms. The second-order valence-corrected chi connectivity index (χ2v) is 9.06. The molecule has 1 saturated carbocycles. The van der Waals surface area contributed by atoms with Crippen LogP contribution in [0.2, 0.25) is 0 Å². The second-order valence-electron chi connectivity index (χ2n) is 9.06. The van der Waals surface area contributed by atoms with Crippen LogP contribution in [0.15, 0.2) is 60.7 Å². The van der Waals surface area contributed by atoms with E-state index in [4.69, 9.17) is 18.9 Å². The van der Waals surface area contributed by atoms with Gasteiger partial charge in [-0.3, -0.25) is 0 Å². The van der Waals surface area contributed by atoms with Crippen LogP contribution in [0.5, 0.6) is 0 Å². The number of fused-ring (bicyclic) bond motifs is 1. The summed E-state index contributed by atoms with van der Waals surface area (Å²) in [6, 6.07) is 20.5. The van der Waals surface area contributed by atoms with E-state index in [1.807, 2.05) is 41.3 Å². The molecule has 0 N–H and O–H groups in total. The van der Waals surface area contributed by atoms with Crippen molar-refractivity contribution in [3.05, 3.63) is 71.8 Å². The van der Waals surface area contributed by atoms with Crippen LogP contribution in [0.25, 0.3) is 0 Å². The van der Waals surface area contributed by atoms with Gasteiger partial charge in [0.1, 0.15) is 0 Å². The number of ether oxygens (including phenoxy) is 4. The molecule has 5 atom stereocenters. The van der Waals surface area contributed by atoms with Gasteiger partial charge in [0.15, 0.2) is 0 Å². The minimum atomic E-state index is -0.249. The van der Waals surface area contributed by atoms with Crippen molar-refractivity contribution in [3.8, 4) is 0 Å². The van der Waals surface area contributed by atoms with Gasteiger partial charge in [0.25, 0.3) is 0 Å². The molecule has 1 saturated heterocycles. The molecular formula is C27H35NO5. The first-order chi connectivity index (χ1) is 16.2. The number of amides is 1. The van der Waals surface area contributed by atoms with Gasteiger partial charge < -0.3 is 23.8 Å². The lowest BCUT2D eigenvalue weighted by atomic mass is 9.66. The molecule has 0 bridgehead atoms. The molecule has 178 valence electrons. The van der Waals surface area contributed by atoms with Gasteiger partial charge in [0.2, 0.25) is 0 Å². The van der Waals surface area contributed by atoms with Gasteiger partial charge in [0.05, 0.1) is 39.1 Å². The lowest BCUT2D eigenvalue weighted by Gasteiger charge is -2.50. The summed E-state index contributed by atoms with van der Waals surface area (Å²) in [6.07, 6.45) is 1.43. The molecule has 1 aliphatic heterocycles. The van der Waals surface area contributed by atoms with Crippen molar-refractivity contribution in [1.29, 1.82) is 0 Å². The van der Waals surface area contributed by atoms with Crippen LogP contribution in [0.1, 0.15) is 24.0 Å². The van der Waals surface area contributed by atoms with E-state index < -0.39 is 0 Å². The Labute approximate surface area is 196 Å². The largest absolute Gasteiger partial charge is 0.453 e. The molecule has 1 heterocycles. The average Bonchev–Trinajstić information content (AvgIpc) is 2.87. The highest BCUT2D eigenvalue weighted by Gasteiger charge is 2.48. The van der Waals surface area contributed by atoms with Gasteiger partial charge in [0, 0.05) is 26.1 Å². The van der Waals surface area contributed by atoms with E-state index in [9.17, 15) is 4.79 Å². The van der Waals surface area contributed by atoms with Gasteiger partial charge in [-0.15, -0.1) is 0 Å². The molecule has 2 fully saturated rings. The predicted octanol–water partition coefficient (Wildman–Crippen LogP) is 4.53. The first kappa shape index (κ1) is 23.7. The number of methoxy groups -OCH3 is 2. The minimum absolute atomic E-state index is 0.0459. The summed E-state index contributed by atoms with van der Waals surface area (Å²) in [5, 5.41) is 0. The van der Waals surface area contributed by atoms with Crippen LogP contribution in [0, 0.1) is 17.8 Å². The number of hydrogen-bond donors (Lipinski definition) is 0. The van der Waals surface area contributed by atoms with Crippen LogP contribution in [0.3, 0.4) is 0 Å². The van der Waals surface area contributed by atoms with Crippen LogP contribution < -0.4 is 0 Å². The fourth-order valence-electron chi connectivity index (χ4n) is 5.48. The molecule has 4 rings (SSSR count). The molecule has 0 aromatic heterocycles. The van der Waals surface area contributed by atoms with E-state index in [0.29, 0.717) is 44.7 Å². The van der Waals surface area contributed by atoms with Crippen molar-refractivity contribution in [2.45, 2.75) is 38.3 Å². The Hall–Kier alpha value is -2.41. The normalized spacial score (nSPS) is 27.1. The number of carbonyl (C=O) groups excluding carboxylic acids is 1. The number of benzene rings is 2. The van der Waals surface area contributed by atoms with Gasteiger partial charge in [-0.05, 0) is 35.8 Å². The summed E-state index contributed by atoms with van der Waals surface area (Å²) in [6.45, 7) is 3.12. The lowest BCUT2D eigenvalue weighted by Crippen LogP contribution is -2.56. The number of nitrogens with zero attached hydrogens (tertiary/aromatic N) is 1. The van der Waals surface area contributed by atoms with E-state index >= 15 is 0 Å². The topological polar surface area (TPSA) is 57.2 Å². The highest BCUT2D eigenvalue weighted by Crippen LogP contribution is 2.43. The molecule has 6 heteroatoms. The van der Waals surface area contributed by atoms with Gasteiger partial charge in [-0.2, -0.15) is 0 Å². The van der Waals surface area contributed by atoms with E-state index in [-0.39, 0.29) is 24.2 Å². The third-order valence-corrected chi connectivity index (χ3v) is 7.10. The maximum absolute atomic E-state index is 12.2. The fraction of sp³-hybridized carbons (Fsp3) is 0.519. The first-order valence-corrected chi connectivity index (χ1v) is 11.8. The molecule has 0 unspecified atom stereocenters. The number of carbonyl (C=O) groups is 1. The van der Waals surface area contributed by atoms with Crippen LogP contribution in [-0.2, 0) is 32.2 Å². The van der Waals surface area contributed by atoms with Crippen LogP contribution in [-0.4, -0.2) is 57.1 Å². The van der Waals surface area contributed by atoms with Crippen LogP contribution >= 0.6 is 0 Å². The Morgan fingerprint density at radius 1 is 0.970 bits per heavy atom. The fourth-order valence-corrected chi connectivity index (χ4v) is 5.48. The molecule has 1 amide bonds. The minimum Gasteiger partial charge on any atom is -0.453 e. The summed E-state index contributed by atoms with van der Waals surface area (Å²) in [5.41, 5.74) is 2.31. The van der Waals surface area contributed by atoms with Crippen molar-refractivity contribution in [1.82, 2.24) is 4.90 Å². The molecule has 1 aliphatic carbocycles. The highest BCUT2D eigenvalue weighted by atomic mass is 16.5. The van der Waals surface area contributed by atoms with Crippen LogP contribution in [0.4, 0.5) is 4.79 Å². The lowest BCUT2D eigenvalue weighted by molar-refractivity contribution is -0.163. The number of likely N-dealkylation sites (tertiary alicyclic amines) is 1. The maximum Gasteiger partial charge on any atom is 0.409 e. The molecule has 2 aromatic rings. The predicted molar refractivity (Wildman–Crippen MR) is 126 cm³/mol. The van der Waals surface area contributed by atoms with Gasteiger partial charge >= 0.3 is 6.09 Å². The van der Waals surface area contributed by atoms with E-state index in [0.717, 1.165) is 24.0 Å². The Balaban J connectivity index is 1.47. The summed E-state index contributed by atoms with van der Waals surface area (Å²) in [7, 11) is 3.22. The highest BCUT2D eigenvalue weighted by molar-refractivity contribution is 5.67. The van der Waals surface area contributed by atoms with Crippen molar-refractivity contribution in [2.75, 3.05) is 33.9 Å². The second kappa shape index (κ2) is 11.6. The molecule has 0 spiro atoms. The maximum atomic E-state index is 12.2. The Kier molecular flexibility index (Phi) is 8.37. The van der Waals surface area contributed by atoms with Gasteiger partial charge in [-0.1, -0.05) is 60.7 Å². The van der Waals surface area contributed by atoms with Crippen molar-refractivity contribution in [3.63, 3.8) is 0 Å². The summed E-state index contributed by atoms with van der Waals surface area (Å²) >= 11 is 0.